The molecule has 2 aromatic rings. The van der Waals surface area contributed by atoms with Crippen molar-refractivity contribution in [3.05, 3.63) is 48.3 Å². The first-order valence-electron chi connectivity index (χ1n) is 6.41. The van der Waals surface area contributed by atoms with Crippen LogP contribution in [0.5, 0.6) is 0 Å². The highest BCUT2D eigenvalue weighted by atomic mass is 32.2. The largest absolute Gasteiger partial charge is 0.293 e. The summed E-state index contributed by atoms with van der Waals surface area (Å²) in [6.07, 6.45) is 4.32. The molecule has 1 N–H and O–H groups in total. The lowest BCUT2D eigenvalue weighted by Crippen LogP contribution is -2.14. The van der Waals surface area contributed by atoms with Gasteiger partial charge in [0.2, 0.25) is 10.0 Å². The number of thioether (sulfide) groups is 1. The number of aromatic nitrogens is 2. The topological polar surface area (TPSA) is 89.0 Å². The Kier molecular flexibility index (Phi) is 5.15. The normalized spacial score (nSPS) is 12.6. The van der Waals surface area contributed by atoms with E-state index in [-0.39, 0.29) is 11.0 Å². The highest BCUT2D eigenvalue weighted by molar-refractivity contribution is 8.00. The van der Waals surface area contributed by atoms with Gasteiger partial charge in [-0.1, -0.05) is 11.8 Å². The van der Waals surface area contributed by atoms with Crippen molar-refractivity contribution < 1.29 is 13.2 Å². The van der Waals surface area contributed by atoms with E-state index in [1.54, 1.807) is 49.6 Å². The Balaban J connectivity index is 2.06. The second-order valence-corrected chi connectivity index (χ2v) is 7.66. The number of sulfonamides is 1. The quantitative estimate of drug-likeness (QED) is 0.494. The number of rotatable bonds is 6. The van der Waals surface area contributed by atoms with Crippen molar-refractivity contribution in [1.82, 2.24) is 9.97 Å². The third-order valence-corrected chi connectivity index (χ3v) is 4.26. The molecular formula is C14H15N3O3S2. The minimum absolute atomic E-state index is 0.0663. The van der Waals surface area contributed by atoms with E-state index in [0.717, 1.165) is 6.26 Å². The molecule has 1 atom stereocenters. The van der Waals surface area contributed by atoms with Gasteiger partial charge in [-0.3, -0.25) is 9.52 Å². The molecule has 0 saturated carbocycles. The van der Waals surface area contributed by atoms with Gasteiger partial charge in [0.1, 0.15) is 0 Å². The van der Waals surface area contributed by atoms with E-state index in [4.69, 9.17) is 0 Å². The standard InChI is InChI=1S/C14H15N3O3S2/c1-10(21-14-15-8-3-9-16-14)13(18)11-4-6-12(7-5-11)17-22(2,19)20/h3-10,17H,1-2H3/t10-/m0/s1. The van der Waals surface area contributed by atoms with Crippen LogP contribution < -0.4 is 4.72 Å². The van der Waals surface area contributed by atoms with Crippen molar-refractivity contribution in [2.75, 3.05) is 11.0 Å². The van der Waals surface area contributed by atoms with Crippen molar-refractivity contribution in [2.24, 2.45) is 0 Å². The van der Waals surface area contributed by atoms with Crippen LogP contribution in [0.4, 0.5) is 5.69 Å². The van der Waals surface area contributed by atoms with Crippen molar-refractivity contribution in [3.63, 3.8) is 0 Å². The number of nitrogens with zero attached hydrogens (tertiary/aromatic N) is 2. The average Bonchev–Trinajstić information content (AvgIpc) is 2.46. The van der Waals surface area contributed by atoms with Crippen LogP contribution in [0.3, 0.4) is 0 Å². The summed E-state index contributed by atoms with van der Waals surface area (Å²) in [5.74, 6) is -0.0663. The number of hydrogen-bond acceptors (Lipinski definition) is 6. The molecule has 0 aliphatic rings. The number of nitrogens with one attached hydrogen (secondary N) is 1. The van der Waals surface area contributed by atoms with Crippen LogP contribution in [0.2, 0.25) is 0 Å². The number of carbonyl (C=O) groups is 1. The molecule has 2 rings (SSSR count). The Hall–Kier alpha value is -1.93. The fourth-order valence-corrected chi connectivity index (χ4v) is 3.08. The van der Waals surface area contributed by atoms with E-state index < -0.39 is 10.0 Å². The average molecular weight is 337 g/mol. The van der Waals surface area contributed by atoms with E-state index in [1.807, 2.05) is 0 Å². The first kappa shape index (κ1) is 16.4. The molecule has 0 unspecified atom stereocenters. The zero-order chi connectivity index (χ0) is 16.2. The lowest BCUT2D eigenvalue weighted by Gasteiger charge is -2.10. The van der Waals surface area contributed by atoms with E-state index in [1.165, 1.54) is 11.8 Å². The second-order valence-electron chi connectivity index (χ2n) is 4.61. The Morgan fingerprint density at radius 2 is 1.77 bits per heavy atom. The molecule has 0 bridgehead atoms. The summed E-state index contributed by atoms with van der Waals surface area (Å²) in [4.78, 5) is 20.5. The van der Waals surface area contributed by atoms with E-state index >= 15 is 0 Å². The fraction of sp³-hybridized carbons (Fsp3) is 0.214. The van der Waals surface area contributed by atoms with Crippen LogP contribution >= 0.6 is 11.8 Å². The number of carbonyl (C=O) groups excluding carboxylic acids is 1. The summed E-state index contributed by atoms with van der Waals surface area (Å²) in [5, 5.41) is 0.204. The van der Waals surface area contributed by atoms with Gasteiger partial charge >= 0.3 is 0 Å². The molecule has 6 nitrogen and oxygen atoms in total. The van der Waals surface area contributed by atoms with Crippen LogP contribution in [-0.4, -0.2) is 35.7 Å². The number of Topliss-reactive ketones (excluding diaryl/α,β-unsaturated/α-hetero) is 1. The van der Waals surface area contributed by atoms with Gasteiger partial charge in [-0.25, -0.2) is 18.4 Å². The number of ketones is 1. The SMILES string of the molecule is C[C@H](Sc1ncccn1)C(=O)c1ccc(NS(C)(=O)=O)cc1. The molecule has 0 saturated heterocycles. The Morgan fingerprint density at radius 3 is 2.32 bits per heavy atom. The molecule has 0 spiro atoms. The lowest BCUT2D eigenvalue weighted by atomic mass is 10.1. The first-order valence-corrected chi connectivity index (χ1v) is 9.18. The Morgan fingerprint density at radius 1 is 1.18 bits per heavy atom. The smallest absolute Gasteiger partial charge is 0.229 e. The van der Waals surface area contributed by atoms with Gasteiger partial charge in [0.25, 0.3) is 0 Å². The zero-order valence-corrected chi connectivity index (χ0v) is 13.7. The summed E-state index contributed by atoms with van der Waals surface area (Å²) in [6, 6.07) is 8.02. The van der Waals surface area contributed by atoms with Gasteiger partial charge in [-0.15, -0.1) is 0 Å². The van der Waals surface area contributed by atoms with Gasteiger partial charge < -0.3 is 0 Å². The molecule has 0 radical (unpaired) electrons. The molecule has 116 valence electrons. The van der Waals surface area contributed by atoms with Crippen LogP contribution in [0.15, 0.2) is 47.9 Å². The molecule has 1 heterocycles. The summed E-state index contributed by atoms with van der Waals surface area (Å²) in [5.41, 5.74) is 0.931. The van der Waals surface area contributed by atoms with Gasteiger partial charge in [-0.05, 0) is 37.3 Å². The minimum Gasteiger partial charge on any atom is -0.293 e. The van der Waals surface area contributed by atoms with Crippen molar-refractivity contribution in [2.45, 2.75) is 17.3 Å². The molecule has 0 amide bonds. The van der Waals surface area contributed by atoms with Gasteiger partial charge in [0.05, 0.1) is 11.5 Å². The van der Waals surface area contributed by atoms with E-state index in [2.05, 4.69) is 14.7 Å². The maximum atomic E-state index is 12.3. The highest BCUT2D eigenvalue weighted by Crippen LogP contribution is 2.22. The number of hydrogen-bond donors (Lipinski definition) is 1. The minimum atomic E-state index is -3.32. The zero-order valence-electron chi connectivity index (χ0n) is 12.1. The molecular weight excluding hydrogens is 322 g/mol. The second kappa shape index (κ2) is 6.89. The molecule has 8 heteroatoms. The molecule has 1 aromatic carbocycles. The summed E-state index contributed by atoms with van der Waals surface area (Å²) in [7, 11) is -3.32. The van der Waals surface area contributed by atoms with Crippen LogP contribution in [0, 0.1) is 0 Å². The maximum absolute atomic E-state index is 12.3. The lowest BCUT2D eigenvalue weighted by molar-refractivity contribution is 0.0994. The van der Waals surface area contributed by atoms with Crippen LogP contribution in [0.25, 0.3) is 0 Å². The van der Waals surface area contributed by atoms with Crippen molar-refractivity contribution in [1.29, 1.82) is 0 Å². The third-order valence-electron chi connectivity index (χ3n) is 2.67. The first-order chi connectivity index (χ1) is 10.3. The van der Waals surface area contributed by atoms with Gasteiger partial charge in [0, 0.05) is 23.6 Å². The fourth-order valence-electron chi connectivity index (χ4n) is 1.71. The van der Waals surface area contributed by atoms with Crippen LogP contribution in [-0.2, 0) is 10.0 Å². The summed E-state index contributed by atoms with van der Waals surface area (Å²) in [6.45, 7) is 1.78. The monoisotopic (exact) mass is 337 g/mol. The number of benzene rings is 1. The summed E-state index contributed by atoms with van der Waals surface area (Å²) >= 11 is 1.28. The Labute approximate surface area is 133 Å². The van der Waals surface area contributed by atoms with Crippen molar-refractivity contribution in [3.8, 4) is 0 Å². The molecule has 0 aliphatic carbocycles. The highest BCUT2D eigenvalue weighted by Gasteiger charge is 2.17. The summed E-state index contributed by atoms with van der Waals surface area (Å²) < 4.78 is 24.6. The number of anilines is 1. The predicted molar refractivity (Wildman–Crippen MR) is 86.6 cm³/mol. The predicted octanol–water partition coefficient (Wildman–Crippen LogP) is 2.21. The van der Waals surface area contributed by atoms with E-state index in [0.29, 0.717) is 16.4 Å². The van der Waals surface area contributed by atoms with Crippen LogP contribution in [0.1, 0.15) is 17.3 Å². The molecule has 0 fully saturated rings. The van der Waals surface area contributed by atoms with Gasteiger partial charge in [-0.2, -0.15) is 0 Å². The Bertz CT molecular complexity index is 747. The molecule has 1 aromatic heterocycles. The van der Waals surface area contributed by atoms with E-state index in [9.17, 15) is 13.2 Å². The maximum Gasteiger partial charge on any atom is 0.229 e. The molecule has 22 heavy (non-hydrogen) atoms. The third kappa shape index (κ3) is 4.81. The van der Waals surface area contributed by atoms with Gasteiger partial charge in [0.15, 0.2) is 10.9 Å². The molecule has 0 aliphatic heterocycles. The van der Waals surface area contributed by atoms with Crippen molar-refractivity contribution >= 4 is 33.3 Å².